The largest absolute Gasteiger partial charge is 0.399 e. The van der Waals surface area contributed by atoms with E-state index in [9.17, 15) is 9.59 Å². The van der Waals surface area contributed by atoms with Gasteiger partial charge >= 0.3 is 0 Å². The molecule has 0 aromatic heterocycles. The number of likely N-dealkylation sites (tertiary alicyclic amines) is 1. The SMILES string of the molecule is Cc1ccc(N)cc1C(=O)NCC(=O)N1CCCCC1. The Labute approximate surface area is 119 Å². The van der Waals surface area contributed by atoms with Gasteiger partial charge in [-0.3, -0.25) is 9.59 Å². The summed E-state index contributed by atoms with van der Waals surface area (Å²) in [6, 6.07) is 5.19. The van der Waals surface area contributed by atoms with Crippen LogP contribution < -0.4 is 11.1 Å². The zero-order valence-electron chi connectivity index (χ0n) is 11.8. The fourth-order valence-electron chi connectivity index (χ4n) is 2.39. The number of carbonyl (C=O) groups is 2. The van der Waals surface area contributed by atoms with Gasteiger partial charge in [0.15, 0.2) is 0 Å². The Hall–Kier alpha value is -2.04. The summed E-state index contributed by atoms with van der Waals surface area (Å²) >= 11 is 0. The second-order valence-electron chi connectivity index (χ2n) is 5.20. The van der Waals surface area contributed by atoms with Crippen LogP contribution >= 0.6 is 0 Å². The molecule has 1 heterocycles. The van der Waals surface area contributed by atoms with E-state index >= 15 is 0 Å². The number of piperidine rings is 1. The molecule has 1 aromatic rings. The van der Waals surface area contributed by atoms with Crippen LogP contribution in [-0.2, 0) is 4.79 Å². The van der Waals surface area contributed by atoms with Crippen LogP contribution in [0.2, 0.25) is 0 Å². The molecule has 0 saturated carbocycles. The first-order chi connectivity index (χ1) is 9.58. The average Bonchev–Trinajstić information content (AvgIpc) is 2.47. The minimum atomic E-state index is -0.250. The van der Waals surface area contributed by atoms with E-state index in [-0.39, 0.29) is 18.4 Å². The maximum absolute atomic E-state index is 12.1. The van der Waals surface area contributed by atoms with Gasteiger partial charge in [0, 0.05) is 24.3 Å². The van der Waals surface area contributed by atoms with Crippen molar-refractivity contribution in [2.45, 2.75) is 26.2 Å². The highest BCUT2D eigenvalue weighted by molar-refractivity contribution is 5.98. The van der Waals surface area contributed by atoms with Crippen LogP contribution in [0.3, 0.4) is 0 Å². The highest BCUT2D eigenvalue weighted by Crippen LogP contribution is 2.12. The highest BCUT2D eigenvalue weighted by Gasteiger charge is 2.17. The first kappa shape index (κ1) is 14.4. The molecule has 1 aliphatic heterocycles. The zero-order chi connectivity index (χ0) is 14.5. The van der Waals surface area contributed by atoms with Crippen molar-refractivity contribution in [1.82, 2.24) is 10.2 Å². The number of anilines is 1. The summed E-state index contributed by atoms with van der Waals surface area (Å²) in [5, 5.41) is 2.68. The second kappa shape index (κ2) is 6.41. The van der Waals surface area contributed by atoms with Gasteiger partial charge in [0.2, 0.25) is 5.91 Å². The predicted molar refractivity (Wildman–Crippen MR) is 78.4 cm³/mol. The van der Waals surface area contributed by atoms with Crippen molar-refractivity contribution < 1.29 is 9.59 Å². The summed E-state index contributed by atoms with van der Waals surface area (Å²) in [5.41, 5.74) is 7.60. The quantitative estimate of drug-likeness (QED) is 0.817. The van der Waals surface area contributed by atoms with Gasteiger partial charge in [-0.25, -0.2) is 0 Å². The van der Waals surface area contributed by atoms with Crippen LogP contribution in [-0.4, -0.2) is 36.3 Å². The zero-order valence-corrected chi connectivity index (χ0v) is 11.8. The van der Waals surface area contributed by atoms with Crippen LogP contribution in [0.1, 0.15) is 35.2 Å². The van der Waals surface area contributed by atoms with E-state index in [2.05, 4.69) is 5.32 Å². The molecule has 2 rings (SSSR count). The van der Waals surface area contributed by atoms with Crippen LogP contribution in [0.4, 0.5) is 5.69 Å². The predicted octanol–water partition coefficient (Wildman–Crippen LogP) is 1.32. The number of aryl methyl sites for hydroxylation is 1. The molecule has 20 heavy (non-hydrogen) atoms. The Morgan fingerprint density at radius 3 is 2.65 bits per heavy atom. The topological polar surface area (TPSA) is 75.4 Å². The van der Waals surface area contributed by atoms with Crippen molar-refractivity contribution in [3.8, 4) is 0 Å². The second-order valence-corrected chi connectivity index (χ2v) is 5.20. The molecule has 1 aromatic carbocycles. The Morgan fingerprint density at radius 1 is 1.25 bits per heavy atom. The van der Waals surface area contributed by atoms with Crippen LogP contribution in [0, 0.1) is 6.92 Å². The Balaban J connectivity index is 1.91. The lowest BCUT2D eigenvalue weighted by Gasteiger charge is -2.26. The molecule has 0 radical (unpaired) electrons. The number of benzene rings is 1. The molecule has 5 nitrogen and oxygen atoms in total. The van der Waals surface area contributed by atoms with Gasteiger partial charge in [-0.05, 0) is 43.9 Å². The smallest absolute Gasteiger partial charge is 0.252 e. The normalized spacial score (nSPS) is 14.9. The minimum absolute atomic E-state index is 0.0143. The molecule has 1 aliphatic rings. The van der Waals surface area contributed by atoms with Gasteiger partial charge < -0.3 is 16.0 Å². The van der Waals surface area contributed by atoms with E-state index in [1.54, 1.807) is 18.2 Å². The molecule has 0 atom stereocenters. The number of amides is 2. The van der Waals surface area contributed by atoms with E-state index in [0.717, 1.165) is 31.5 Å². The van der Waals surface area contributed by atoms with E-state index in [0.29, 0.717) is 11.3 Å². The molecule has 108 valence electrons. The van der Waals surface area contributed by atoms with Gasteiger partial charge in [0.05, 0.1) is 6.54 Å². The van der Waals surface area contributed by atoms with E-state index in [4.69, 9.17) is 5.73 Å². The van der Waals surface area contributed by atoms with Gasteiger partial charge in [0.1, 0.15) is 0 Å². The lowest BCUT2D eigenvalue weighted by Crippen LogP contribution is -2.42. The molecule has 5 heteroatoms. The third-order valence-corrected chi connectivity index (χ3v) is 3.62. The molecule has 0 unspecified atom stereocenters. The van der Waals surface area contributed by atoms with Gasteiger partial charge in [-0.1, -0.05) is 6.07 Å². The number of nitrogen functional groups attached to an aromatic ring is 1. The van der Waals surface area contributed by atoms with Crippen molar-refractivity contribution in [2.75, 3.05) is 25.4 Å². The number of rotatable bonds is 3. The summed E-state index contributed by atoms with van der Waals surface area (Å²) in [4.78, 5) is 25.9. The van der Waals surface area contributed by atoms with Crippen LogP contribution in [0.15, 0.2) is 18.2 Å². The number of carbonyl (C=O) groups excluding carboxylic acids is 2. The Kier molecular flexibility index (Phi) is 4.61. The number of hydrogen-bond donors (Lipinski definition) is 2. The summed E-state index contributed by atoms with van der Waals surface area (Å²) < 4.78 is 0. The first-order valence-electron chi connectivity index (χ1n) is 7.00. The summed E-state index contributed by atoms with van der Waals surface area (Å²) in [6.45, 7) is 3.49. The summed E-state index contributed by atoms with van der Waals surface area (Å²) in [7, 11) is 0. The average molecular weight is 275 g/mol. The molecule has 0 bridgehead atoms. The standard InChI is InChI=1S/C15H21N3O2/c1-11-5-6-12(16)9-13(11)15(20)17-10-14(19)18-7-3-2-4-8-18/h5-6,9H,2-4,7-8,10,16H2,1H3,(H,17,20). The maximum Gasteiger partial charge on any atom is 0.252 e. The van der Waals surface area contributed by atoms with Crippen molar-refractivity contribution in [3.63, 3.8) is 0 Å². The molecule has 0 spiro atoms. The van der Waals surface area contributed by atoms with Crippen LogP contribution in [0.5, 0.6) is 0 Å². The number of nitrogens with zero attached hydrogens (tertiary/aromatic N) is 1. The number of nitrogens with two attached hydrogens (primary N) is 1. The van der Waals surface area contributed by atoms with Crippen molar-refractivity contribution in [3.05, 3.63) is 29.3 Å². The van der Waals surface area contributed by atoms with Crippen molar-refractivity contribution >= 4 is 17.5 Å². The third-order valence-electron chi connectivity index (χ3n) is 3.62. The molecule has 0 aliphatic carbocycles. The molecular formula is C15H21N3O2. The molecular weight excluding hydrogens is 254 g/mol. The molecule has 1 fully saturated rings. The summed E-state index contributed by atoms with van der Waals surface area (Å²) in [5.74, 6) is -0.264. The summed E-state index contributed by atoms with van der Waals surface area (Å²) in [6.07, 6.45) is 3.28. The number of nitrogens with one attached hydrogen (secondary N) is 1. The van der Waals surface area contributed by atoms with Crippen LogP contribution in [0.25, 0.3) is 0 Å². The molecule has 1 saturated heterocycles. The van der Waals surface area contributed by atoms with Gasteiger partial charge in [-0.2, -0.15) is 0 Å². The van der Waals surface area contributed by atoms with E-state index < -0.39 is 0 Å². The van der Waals surface area contributed by atoms with Crippen molar-refractivity contribution in [1.29, 1.82) is 0 Å². The minimum Gasteiger partial charge on any atom is -0.399 e. The van der Waals surface area contributed by atoms with E-state index in [1.165, 1.54) is 6.42 Å². The fraction of sp³-hybridized carbons (Fsp3) is 0.467. The van der Waals surface area contributed by atoms with Gasteiger partial charge in [0.25, 0.3) is 5.91 Å². The highest BCUT2D eigenvalue weighted by atomic mass is 16.2. The van der Waals surface area contributed by atoms with Gasteiger partial charge in [-0.15, -0.1) is 0 Å². The third kappa shape index (κ3) is 3.50. The van der Waals surface area contributed by atoms with E-state index in [1.807, 2.05) is 11.8 Å². The Morgan fingerprint density at radius 2 is 1.95 bits per heavy atom. The maximum atomic E-state index is 12.1. The molecule has 3 N–H and O–H groups in total. The lowest BCUT2D eigenvalue weighted by molar-refractivity contribution is -0.130. The van der Waals surface area contributed by atoms with Crippen molar-refractivity contribution in [2.24, 2.45) is 0 Å². The first-order valence-corrected chi connectivity index (χ1v) is 7.00. The lowest BCUT2D eigenvalue weighted by atomic mass is 10.1. The Bertz CT molecular complexity index is 508. The molecule has 2 amide bonds. The fourth-order valence-corrected chi connectivity index (χ4v) is 2.39. The number of hydrogen-bond acceptors (Lipinski definition) is 3. The monoisotopic (exact) mass is 275 g/mol.